The summed E-state index contributed by atoms with van der Waals surface area (Å²) in [7, 11) is 0. The van der Waals surface area contributed by atoms with Crippen LogP contribution < -0.4 is 0 Å². The molecule has 0 atom stereocenters. The van der Waals surface area contributed by atoms with E-state index >= 15 is 0 Å². The minimum Gasteiger partial charge on any atom is -0.241 e. The molecule has 0 radical (unpaired) electrons. The number of aromatic nitrogens is 1. The van der Waals surface area contributed by atoms with Gasteiger partial charge in [0.1, 0.15) is 5.01 Å². The summed E-state index contributed by atoms with van der Waals surface area (Å²) in [6, 6.07) is 8.58. The van der Waals surface area contributed by atoms with Crippen LogP contribution in [-0.2, 0) is 5.33 Å². The number of aryl methyl sites for hydroxylation is 1. The van der Waals surface area contributed by atoms with Gasteiger partial charge in [-0.25, -0.2) is 4.98 Å². The molecule has 17 heavy (non-hydrogen) atoms. The third kappa shape index (κ3) is 2.78. The van der Waals surface area contributed by atoms with Gasteiger partial charge in [-0.2, -0.15) is 0 Å². The maximum atomic E-state index is 4.77. The summed E-state index contributed by atoms with van der Waals surface area (Å²) < 4.78 is 0. The second-order valence-electron chi connectivity index (χ2n) is 4.48. The third-order valence-electron chi connectivity index (χ3n) is 2.69. The van der Waals surface area contributed by atoms with E-state index in [-0.39, 0.29) is 0 Å². The molecule has 1 heterocycles. The van der Waals surface area contributed by atoms with Crippen LogP contribution in [0, 0.1) is 6.92 Å². The van der Waals surface area contributed by atoms with Crippen molar-refractivity contribution >= 4 is 27.3 Å². The molecule has 0 amide bonds. The first-order chi connectivity index (χ1) is 8.11. The number of benzene rings is 1. The van der Waals surface area contributed by atoms with Crippen LogP contribution in [0.2, 0.25) is 0 Å². The van der Waals surface area contributed by atoms with Crippen molar-refractivity contribution in [3.05, 3.63) is 40.4 Å². The number of hydrogen-bond donors (Lipinski definition) is 0. The van der Waals surface area contributed by atoms with Crippen molar-refractivity contribution in [2.45, 2.75) is 32.0 Å². The summed E-state index contributed by atoms with van der Waals surface area (Å²) >= 11 is 5.33. The van der Waals surface area contributed by atoms with E-state index in [9.17, 15) is 0 Å². The Morgan fingerprint density at radius 2 is 1.88 bits per heavy atom. The molecule has 0 saturated carbocycles. The lowest BCUT2D eigenvalue weighted by Crippen LogP contribution is -1.91. The fourth-order valence-corrected chi connectivity index (χ4v) is 3.43. The molecule has 2 aromatic rings. The second-order valence-corrected chi connectivity index (χ2v) is 6.13. The lowest BCUT2D eigenvalue weighted by atomic mass is 10.1. The van der Waals surface area contributed by atoms with Crippen LogP contribution in [0.1, 0.15) is 35.9 Å². The molecular weight excluding hydrogens is 294 g/mol. The smallest absolute Gasteiger partial charge is 0.123 e. The average molecular weight is 310 g/mol. The summed E-state index contributed by atoms with van der Waals surface area (Å²) in [5.74, 6) is 0.484. The quantitative estimate of drug-likeness (QED) is 0.716. The van der Waals surface area contributed by atoms with Gasteiger partial charge in [0.05, 0.1) is 5.69 Å². The first kappa shape index (κ1) is 12.8. The van der Waals surface area contributed by atoms with Crippen molar-refractivity contribution < 1.29 is 0 Å². The SMILES string of the molecule is Cc1ccc(-c2nc(C(C)C)c(CBr)s2)cc1. The molecule has 3 heteroatoms. The van der Waals surface area contributed by atoms with Crippen LogP contribution in [-0.4, -0.2) is 4.98 Å². The highest BCUT2D eigenvalue weighted by molar-refractivity contribution is 9.08. The van der Waals surface area contributed by atoms with Crippen molar-refractivity contribution in [3.63, 3.8) is 0 Å². The topological polar surface area (TPSA) is 12.9 Å². The molecule has 0 aliphatic rings. The number of alkyl halides is 1. The Morgan fingerprint density at radius 3 is 2.35 bits per heavy atom. The first-order valence-electron chi connectivity index (χ1n) is 5.74. The van der Waals surface area contributed by atoms with Gasteiger partial charge in [-0.05, 0) is 12.8 Å². The number of thiazole rings is 1. The van der Waals surface area contributed by atoms with Crippen LogP contribution in [0.15, 0.2) is 24.3 Å². The molecule has 1 aromatic heterocycles. The molecule has 0 bridgehead atoms. The third-order valence-corrected chi connectivity index (χ3v) is 4.75. The van der Waals surface area contributed by atoms with Crippen LogP contribution in [0.25, 0.3) is 10.6 Å². The van der Waals surface area contributed by atoms with Gasteiger partial charge in [-0.3, -0.25) is 0 Å². The van der Waals surface area contributed by atoms with Crippen molar-refractivity contribution in [1.29, 1.82) is 0 Å². The lowest BCUT2D eigenvalue weighted by Gasteiger charge is -2.01. The normalized spacial score (nSPS) is 11.1. The van der Waals surface area contributed by atoms with Crippen LogP contribution in [0.3, 0.4) is 0 Å². The molecule has 0 aliphatic carbocycles. The van der Waals surface area contributed by atoms with Gasteiger partial charge < -0.3 is 0 Å². The van der Waals surface area contributed by atoms with Gasteiger partial charge in [0.15, 0.2) is 0 Å². The largest absolute Gasteiger partial charge is 0.241 e. The summed E-state index contributed by atoms with van der Waals surface area (Å²) in [5.41, 5.74) is 3.73. The molecule has 0 unspecified atom stereocenters. The molecule has 2 rings (SSSR count). The van der Waals surface area contributed by atoms with Gasteiger partial charge in [-0.1, -0.05) is 59.6 Å². The van der Waals surface area contributed by atoms with E-state index in [0.29, 0.717) is 5.92 Å². The highest BCUT2D eigenvalue weighted by Crippen LogP contribution is 2.33. The molecule has 0 spiro atoms. The molecule has 90 valence electrons. The molecule has 0 aliphatic heterocycles. The van der Waals surface area contributed by atoms with E-state index in [1.165, 1.54) is 21.7 Å². The zero-order valence-electron chi connectivity index (χ0n) is 10.3. The van der Waals surface area contributed by atoms with Gasteiger partial charge in [0.25, 0.3) is 0 Å². The Balaban J connectivity index is 2.42. The molecule has 1 nitrogen and oxygen atoms in total. The first-order valence-corrected chi connectivity index (χ1v) is 7.68. The van der Waals surface area contributed by atoms with Gasteiger partial charge in [0.2, 0.25) is 0 Å². The van der Waals surface area contributed by atoms with Gasteiger partial charge in [-0.15, -0.1) is 11.3 Å². The van der Waals surface area contributed by atoms with Crippen molar-refractivity contribution in [2.75, 3.05) is 0 Å². The van der Waals surface area contributed by atoms with Crippen molar-refractivity contribution in [3.8, 4) is 10.6 Å². The van der Waals surface area contributed by atoms with E-state index in [1.807, 2.05) is 0 Å². The lowest BCUT2D eigenvalue weighted by molar-refractivity contribution is 0.825. The standard InChI is InChI=1S/C14H16BrNS/c1-9(2)13-12(8-15)17-14(16-13)11-6-4-10(3)5-7-11/h4-7,9H,8H2,1-3H3. The maximum Gasteiger partial charge on any atom is 0.123 e. The van der Waals surface area contributed by atoms with E-state index in [0.717, 1.165) is 10.3 Å². The van der Waals surface area contributed by atoms with Crippen molar-refractivity contribution in [1.82, 2.24) is 4.98 Å². The van der Waals surface area contributed by atoms with Crippen LogP contribution >= 0.6 is 27.3 Å². The van der Waals surface area contributed by atoms with Crippen LogP contribution in [0.4, 0.5) is 0 Å². The van der Waals surface area contributed by atoms with Crippen LogP contribution in [0.5, 0.6) is 0 Å². The highest BCUT2D eigenvalue weighted by atomic mass is 79.9. The van der Waals surface area contributed by atoms with E-state index in [2.05, 4.69) is 61.0 Å². The minimum atomic E-state index is 0.484. The Kier molecular flexibility index (Phi) is 4.00. The van der Waals surface area contributed by atoms with E-state index in [4.69, 9.17) is 4.98 Å². The van der Waals surface area contributed by atoms with Gasteiger partial charge in [0, 0.05) is 15.8 Å². The Labute approximate surface area is 115 Å². The zero-order valence-corrected chi connectivity index (χ0v) is 12.7. The summed E-state index contributed by atoms with van der Waals surface area (Å²) in [5, 5.41) is 2.02. The Bertz CT molecular complexity index is 499. The second kappa shape index (κ2) is 5.32. The molecule has 0 saturated heterocycles. The summed E-state index contributed by atoms with van der Waals surface area (Å²) in [6.45, 7) is 6.50. The number of rotatable bonds is 3. The number of nitrogens with zero attached hydrogens (tertiary/aromatic N) is 1. The predicted molar refractivity (Wildman–Crippen MR) is 79.0 cm³/mol. The molecular formula is C14H16BrNS. The maximum absolute atomic E-state index is 4.77. The fraction of sp³-hybridized carbons (Fsp3) is 0.357. The number of hydrogen-bond acceptors (Lipinski definition) is 2. The monoisotopic (exact) mass is 309 g/mol. The average Bonchev–Trinajstić information content (AvgIpc) is 2.74. The summed E-state index contributed by atoms with van der Waals surface area (Å²) in [4.78, 5) is 6.11. The van der Waals surface area contributed by atoms with E-state index in [1.54, 1.807) is 11.3 Å². The fourth-order valence-electron chi connectivity index (χ4n) is 1.73. The minimum absolute atomic E-state index is 0.484. The Hall–Kier alpha value is -0.670. The Morgan fingerprint density at radius 1 is 1.24 bits per heavy atom. The summed E-state index contributed by atoms with van der Waals surface area (Å²) in [6.07, 6.45) is 0. The molecule has 0 N–H and O–H groups in total. The highest BCUT2D eigenvalue weighted by Gasteiger charge is 2.14. The van der Waals surface area contributed by atoms with Crippen molar-refractivity contribution in [2.24, 2.45) is 0 Å². The van der Waals surface area contributed by atoms with Gasteiger partial charge >= 0.3 is 0 Å². The number of halogens is 1. The molecule has 0 fully saturated rings. The molecule has 1 aromatic carbocycles. The zero-order chi connectivity index (χ0) is 12.4. The van der Waals surface area contributed by atoms with E-state index < -0.39 is 0 Å². The predicted octanol–water partition coefficient (Wildman–Crippen LogP) is 5.14.